The monoisotopic (exact) mass is 369 g/mol. The van der Waals surface area contributed by atoms with Gasteiger partial charge in [-0.15, -0.1) is 0 Å². The van der Waals surface area contributed by atoms with Crippen molar-refractivity contribution in [3.05, 3.63) is 53.1 Å². The highest BCUT2D eigenvalue weighted by molar-refractivity contribution is 6.31. The number of quaternary nitrogens is 1. The normalized spacial score (nSPS) is 18.5. The minimum absolute atomic E-state index is 0.640. The van der Waals surface area contributed by atoms with Gasteiger partial charge in [-0.05, 0) is 44.2 Å². The number of amidine groups is 1. The van der Waals surface area contributed by atoms with Gasteiger partial charge in [0.05, 0.1) is 50.6 Å². The number of aliphatic imine (C=N–C) groups is 1. The summed E-state index contributed by atoms with van der Waals surface area (Å²) in [7, 11) is 2.36. The number of nitrogens with one attached hydrogen (secondary N) is 1. The summed E-state index contributed by atoms with van der Waals surface area (Å²) in [5.41, 5.74) is 4.14. The third-order valence-corrected chi connectivity index (χ3v) is 6.17. The maximum Gasteiger partial charge on any atom is 0.139 e. The molecule has 2 aromatic rings. The van der Waals surface area contributed by atoms with E-state index in [1.807, 2.05) is 18.2 Å². The maximum atomic E-state index is 6.23. The molecular weight excluding hydrogens is 344 g/mol. The van der Waals surface area contributed by atoms with Gasteiger partial charge in [0.15, 0.2) is 0 Å². The van der Waals surface area contributed by atoms with Gasteiger partial charge in [-0.2, -0.15) is 0 Å². The van der Waals surface area contributed by atoms with Gasteiger partial charge >= 0.3 is 0 Å². The van der Waals surface area contributed by atoms with Gasteiger partial charge in [-0.3, -0.25) is 0 Å². The second-order valence-electron chi connectivity index (χ2n) is 7.77. The number of fused-ring (bicyclic) bond motifs is 2. The summed E-state index contributed by atoms with van der Waals surface area (Å²) in [6.07, 6.45) is 0. The van der Waals surface area contributed by atoms with Crippen LogP contribution in [0.1, 0.15) is 19.4 Å². The number of rotatable bonds is 1. The van der Waals surface area contributed by atoms with Crippen LogP contribution in [-0.2, 0) is 0 Å². The predicted octanol–water partition coefficient (Wildman–Crippen LogP) is 4.65. The fraction of sp³-hybridized carbons (Fsp3) is 0.381. The Labute approximate surface area is 160 Å². The van der Waals surface area contributed by atoms with Crippen molar-refractivity contribution < 1.29 is 4.48 Å². The molecule has 0 radical (unpaired) electrons. The first kappa shape index (κ1) is 17.4. The zero-order valence-corrected chi connectivity index (χ0v) is 16.4. The Hall–Kier alpha value is -2.04. The number of para-hydroxylation sites is 1. The highest BCUT2D eigenvalue weighted by Gasteiger charge is 2.33. The largest absolute Gasteiger partial charge is 0.353 e. The van der Waals surface area contributed by atoms with Gasteiger partial charge in [0.1, 0.15) is 5.84 Å². The van der Waals surface area contributed by atoms with Crippen molar-refractivity contribution >= 4 is 34.5 Å². The van der Waals surface area contributed by atoms with Crippen molar-refractivity contribution in [1.82, 2.24) is 4.90 Å². The molecule has 0 saturated carbocycles. The highest BCUT2D eigenvalue weighted by atomic mass is 35.5. The van der Waals surface area contributed by atoms with E-state index in [1.54, 1.807) is 0 Å². The van der Waals surface area contributed by atoms with Gasteiger partial charge in [0.2, 0.25) is 0 Å². The minimum Gasteiger partial charge on any atom is -0.353 e. The molecule has 2 heterocycles. The quantitative estimate of drug-likeness (QED) is 0.741. The molecule has 4 nitrogen and oxygen atoms in total. The number of hydrogen-bond acceptors (Lipinski definition) is 3. The van der Waals surface area contributed by atoms with Crippen LogP contribution in [0.4, 0.5) is 17.1 Å². The fourth-order valence-electron chi connectivity index (χ4n) is 3.70. The van der Waals surface area contributed by atoms with Crippen LogP contribution in [0, 0.1) is 0 Å². The van der Waals surface area contributed by atoms with Crippen molar-refractivity contribution in [3.8, 4) is 0 Å². The Morgan fingerprint density at radius 1 is 1.08 bits per heavy atom. The first-order chi connectivity index (χ1) is 12.5. The molecule has 2 aromatic carbocycles. The van der Waals surface area contributed by atoms with Crippen molar-refractivity contribution in [1.29, 1.82) is 0 Å². The second kappa shape index (κ2) is 6.60. The predicted molar refractivity (Wildman–Crippen MR) is 110 cm³/mol. The molecule has 2 aliphatic rings. The van der Waals surface area contributed by atoms with E-state index in [0.717, 1.165) is 59.1 Å². The average Bonchev–Trinajstić information content (AvgIpc) is 2.79. The van der Waals surface area contributed by atoms with Crippen LogP contribution >= 0.6 is 11.6 Å². The fourth-order valence-corrected chi connectivity index (χ4v) is 3.87. The van der Waals surface area contributed by atoms with E-state index in [1.165, 1.54) is 0 Å². The standard InChI is InChI=1S/C21H26ClN4/c1-15(2)26(3)12-10-25(11-13-26)21-17-6-4-5-7-18(17)23-19-9-8-16(22)14-20(19)24-21/h4-9,14-15,23H,10-13H2,1-3H3/q+1. The number of piperazine rings is 1. The number of likely N-dealkylation sites (N-methyl/N-ethyl adjacent to an activating group) is 1. The molecule has 0 unspecified atom stereocenters. The molecule has 0 aliphatic carbocycles. The third kappa shape index (κ3) is 3.08. The number of nitrogens with zero attached hydrogens (tertiary/aromatic N) is 3. The van der Waals surface area contributed by atoms with Gasteiger partial charge in [-0.25, -0.2) is 4.99 Å². The minimum atomic E-state index is 0.640. The molecule has 1 saturated heterocycles. The molecule has 0 spiro atoms. The van der Waals surface area contributed by atoms with E-state index in [2.05, 4.69) is 55.4 Å². The summed E-state index contributed by atoms with van der Waals surface area (Å²) in [6.45, 7) is 8.92. The molecule has 0 bridgehead atoms. The van der Waals surface area contributed by atoms with Crippen LogP contribution in [0.25, 0.3) is 0 Å². The Morgan fingerprint density at radius 2 is 1.81 bits per heavy atom. The lowest BCUT2D eigenvalue weighted by molar-refractivity contribution is -0.933. The van der Waals surface area contributed by atoms with Gasteiger partial charge in [-0.1, -0.05) is 23.7 Å². The zero-order valence-electron chi connectivity index (χ0n) is 15.7. The topological polar surface area (TPSA) is 27.6 Å². The van der Waals surface area contributed by atoms with Crippen LogP contribution < -0.4 is 5.32 Å². The molecule has 1 N–H and O–H groups in total. The van der Waals surface area contributed by atoms with E-state index >= 15 is 0 Å². The Morgan fingerprint density at radius 3 is 2.54 bits per heavy atom. The van der Waals surface area contributed by atoms with E-state index in [9.17, 15) is 0 Å². The molecule has 1 fully saturated rings. The molecule has 5 heteroatoms. The first-order valence-electron chi connectivity index (χ1n) is 9.30. The Balaban J connectivity index is 1.74. The maximum absolute atomic E-state index is 6.23. The zero-order chi connectivity index (χ0) is 18.3. The molecule has 0 atom stereocenters. The van der Waals surface area contributed by atoms with E-state index in [-0.39, 0.29) is 0 Å². The van der Waals surface area contributed by atoms with Crippen LogP contribution in [0.5, 0.6) is 0 Å². The Kier molecular flexibility index (Phi) is 4.41. The van der Waals surface area contributed by atoms with E-state index < -0.39 is 0 Å². The Bertz CT molecular complexity index is 851. The van der Waals surface area contributed by atoms with Crippen LogP contribution in [0.15, 0.2) is 47.5 Å². The summed E-state index contributed by atoms with van der Waals surface area (Å²) >= 11 is 6.23. The smallest absolute Gasteiger partial charge is 0.139 e. The van der Waals surface area contributed by atoms with Crippen LogP contribution in [-0.4, -0.2) is 54.5 Å². The van der Waals surface area contributed by atoms with Crippen LogP contribution in [0.2, 0.25) is 5.02 Å². The summed E-state index contributed by atoms with van der Waals surface area (Å²) in [5.74, 6) is 1.05. The summed E-state index contributed by atoms with van der Waals surface area (Å²) < 4.78 is 1.12. The van der Waals surface area contributed by atoms with Crippen molar-refractivity contribution in [2.45, 2.75) is 19.9 Å². The van der Waals surface area contributed by atoms with Crippen molar-refractivity contribution in [2.24, 2.45) is 4.99 Å². The molecule has 4 rings (SSSR count). The van der Waals surface area contributed by atoms with Crippen molar-refractivity contribution in [3.63, 3.8) is 0 Å². The second-order valence-corrected chi connectivity index (χ2v) is 8.21. The number of benzene rings is 2. The lowest BCUT2D eigenvalue weighted by Gasteiger charge is -2.45. The van der Waals surface area contributed by atoms with Gasteiger partial charge < -0.3 is 14.7 Å². The van der Waals surface area contributed by atoms with Gasteiger partial charge in [0.25, 0.3) is 0 Å². The molecule has 26 heavy (non-hydrogen) atoms. The molecule has 2 aliphatic heterocycles. The SMILES string of the molecule is CC(C)[N+]1(C)CCN(C2=Nc3cc(Cl)ccc3Nc3ccccc32)CC1. The number of halogens is 1. The lowest BCUT2D eigenvalue weighted by atomic mass is 10.1. The molecule has 0 amide bonds. The molecule has 0 aromatic heterocycles. The van der Waals surface area contributed by atoms with Crippen LogP contribution in [0.3, 0.4) is 0 Å². The van der Waals surface area contributed by atoms with E-state index in [0.29, 0.717) is 11.1 Å². The molecule has 136 valence electrons. The number of hydrogen-bond donors (Lipinski definition) is 1. The van der Waals surface area contributed by atoms with Crippen molar-refractivity contribution in [2.75, 3.05) is 38.5 Å². The molecular formula is C21H26ClN4+. The summed E-state index contributed by atoms with van der Waals surface area (Å²) in [4.78, 5) is 7.48. The number of anilines is 2. The summed E-state index contributed by atoms with van der Waals surface area (Å²) in [6, 6.07) is 14.9. The van der Waals surface area contributed by atoms with E-state index in [4.69, 9.17) is 16.6 Å². The average molecular weight is 370 g/mol. The third-order valence-electron chi connectivity index (χ3n) is 5.93. The highest BCUT2D eigenvalue weighted by Crippen LogP contribution is 2.36. The first-order valence-corrected chi connectivity index (χ1v) is 9.68. The van der Waals surface area contributed by atoms with Gasteiger partial charge in [0, 0.05) is 16.3 Å². The lowest BCUT2D eigenvalue weighted by Crippen LogP contribution is -2.61. The summed E-state index contributed by atoms with van der Waals surface area (Å²) in [5, 5.41) is 4.24.